The number of rotatable bonds is 1. The van der Waals surface area contributed by atoms with Gasteiger partial charge in [0.1, 0.15) is 9.39 Å². The lowest BCUT2D eigenvalue weighted by Gasteiger charge is -1.90. The van der Waals surface area contributed by atoms with Crippen LogP contribution in [0.2, 0.25) is 0 Å². The Morgan fingerprint density at radius 1 is 1.57 bits per heavy atom. The summed E-state index contributed by atoms with van der Waals surface area (Å²) >= 11 is 2.10. The van der Waals surface area contributed by atoms with E-state index in [1.165, 1.54) is 0 Å². The number of fused-ring (bicyclic) bond motifs is 1. The highest BCUT2D eigenvalue weighted by Crippen LogP contribution is 2.06. The molecule has 2 aromatic heterocycles. The van der Waals surface area contributed by atoms with Gasteiger partial charge in [-0.25, -0.2) is 9.50 Å². The highest BCUT2D eigenvalue weighted by atomic mass is 127. The minimum Gasteiger partial charge on any atom is -0.354 e. The van der Waals surface area contributed by atoms with E-state index < -0.39 is 0 Å². The minimum absolute atomic E-state index is 0.203. The monoisotopic (exact) mass is 302 g/mol. The van der Waals surface area contributed by atoms with Crippen LogP contribution in [0.4, 0.5) is 0 Å². The highest BCUT2D eigenvalue weighted by Gasteiger charge is 2.08. The summed E-state index contributed by atoms with van der Waals surface area (Å²) in [6.45, 7) is 0. The molecular weight excluding hydrogens is 295 g/mol. The van der Waals surface area contributed by atoms with Crippen molar-refractivity contribution in [3.05, 3.63) is 27.7 Å². The Hall–Kier alpha value is -1.18. The van der Waals surface area contributed by atoms with E-state index in [1.807, 2.05) is 12.1 Å². The summed E-state index contributed by atoms with van der Waals surface area (Å²) in [5.74, 6) is -0.203. The van der Waals surface area contributed by atoms with Crippen LogP contribution in [0.15, 0.2) is 18.3 Å². The van der Waals surface area contributed by atoms with Crippen LogP contribution in [0.25, 0.3) is 5.65 Å². The van der Waals surface area contributed by atoms with Crippen molar-refractivity contribution in [3.8, 4) is 0 Å². The number of aromatic nitrogens is 3. The Labute approximate surface area is 93.7 Å². The number of nitrogens with zero attached hydrogens (tertiary/aromatic N) is 3. The molecule has 5 nitrogen and oxygen atoms in total. The van der Waals surface area contributed by atoms with Crippen molar-refractivity contribution in [1.29, 1.82) is 0 Å². The first-order valence-electron chi connectivity index (χ1n) is 3.95. The first kappa shape index (κ1) is 9.38. The van der Waals surface area contributed by atoms with E-state index in [0.29, 0.717) is 11.3 Å². The Morgan fingerprint density at radius 3 is 3.07 bits per heavy atom. The molecule has 0 spiro atoms. The summed E-state index contributed by atoms with van der Waals surface area (Å²) < 4.78 is 2.45. The minimum atomic E-state index is -0.203. The second-order valence-electron chi connectivity index (χ2n) is 2.66. The van der Waals surface area contributed by atoms with Gasteiger partial charge in [-0.2, -0.15) is 5.10 Å². The molecule has 0 saturated heterocycles. The van der Waals surface area contributed by atoms with E-state index in [1.54, 1.807) is 17.8 Å². The highest BCUT2D eigenvalue weighted by molar-refractivity contribution is 14.1. The van der Waals surface area contributed by atoms with Crippen LogP contribution in [0, 0.1) is 3.70 Å². The molecular formula is C8H7IN4O. The Bertz CT molecular complexity index is 493. The molecule has 1 N–H and O–H groups in total. The van der Waals surface area contributed by atoms with Crippen LogP contribution >= 0.6 is 22.6 Å². The van der Waals surface area contributed by atoms with Crippen LogP contribution in [-0.2, 0) is 0 Å². The van der Waals surface area contributed by atoms with E-state index in [-0.39, 0.29) is 5.91 Å². The lowest BCUT2D eigenvalue weighted by atomic mass is 10.4. The zero-order chi connectivity index (χ0) is 10.1. The normalized spacial score (nSPS) is 10.4. The molecule has 0 aliphatic heterocycles. The van der Waals surface area contributed by atoms with E-state index in [0.717, 1.165) is 3.70 Å². The van der Waals surface area contributed by atoms with Gasteiger partial charge in [0.25, 0.3) is 5.91 Å². The van der Waals surface area contributed by atoms with Gasteiger partial charge in [-0.3, -0.25) is 4.79 Å². The van der Waals surface area contributed by atoms with Crippen molar-refractivity contribution >= 4 is 34.1 Å². The maximum Gasteiger partial charge on any atom is 0.271 e. The summed E-state index contributed by atoms with van der Waals surface area (Å²) in [6.07, 6.45) is 1.61. The maximum atomic E-state index is 11.3. The molecule has 6 heteroatoms. The van der Waals surface area contributed by atoms with Gasteiger partial charge in [0, 0.05) is 7.05 Å². The van der Waals surface area contributed by atoms with Gasteiger partial charge >= 0.3 is 0 Å². The Morgan fingerprint density at radius 2 is 2.36 bits per heavy atom. The van der Waals surface area contributed by atoms with Crippen LogP contribution < -0.4 is 5.32 Å². The Kier molecular flexibility index (Phi) is 2.36. The molecule has 1 amide bonds. The standard InChI is InChI=1S/C8H7IN4O/c1-10-8(14)5-4-13-7(11-5)3-2-6(9)12-13/h2-4H,1H3,(H,10,14). The second kappa shape index (κ2) is 3.52. The quantitative estimate of drug-likeness (QED) is 0.789. The summed E-state index contributed by atoms with van der Waals surface area (Å²) in [7, 11) is 1.57. The van der Waals surface area contributed by atoms with Crippen molar-refractivity contribution in [2.45, 2.75) is 0 Å². The van der Waals surface area contributed by atoms with E-state index in [9.17, 15) is 4.79 Å². The van der Waals surface area contributed by atoms with Gasteiger partial charge in [0.2, 0.25) is 0 Å². The van der Waals surface area contributed by atoms with Gasteiger partial charge in [-0.05, 0) is 34.7 Å². The number of amides is 1. The predicted octanol–water partition coefficient (Wildman–Crippen LogP) is 0.693. The van der Waals surface area contributed by atoms with Crippen LogP contribution in [0.5, 0.6) is 0 Å². The summed E-state index contributed by atoms with van der Waals surface area (Å²) in [4.78, 5) is 15.4. The fraction of sp³-hybridized carbons (Fsp3) is 0.125. The molecule has 0 aliphatic carbocycles. The molecule has 0 bridgehead atoms. The third-order valence-electron chi connectivity index (χ3n) is 1.75. The average molecular weight is 302 g/mol. The number of hydrogen-bond donors (Lipinski definition) is 1. The summed E-state index contributed by atoms with van der Waals surface area (Å²) in [6, 6.07) is 3.66. The molecule has 72 valence electrons. The van der Waals surface area contributed by atoms with E-state index in [4.69, 9.17) is 0 Å². The van der Waals surface area contributed by atoms with Gasteiger partial charge in [0.15, 0.2) is 5.65 Å². The first-order chi connectivity index (χ1) is 6.70. The zero-order valence-corrected chi connectivity index (χ0v) is 9.52. The lowest BCUT2D eigenvalue weighted by Crippen LogP contribution is -2.17. The van der Waals surface area contributed by atoms with Crippen molar-refractivity contribution in [1.82, 2.24) is 19.9 Å². The van der Waals surface area contributed by atoms with Crippen LogP contribution in [0.3, 0.4) is 0 Å². The largest absolute Gasteiger partial charge is 0.354 e. The lowest BCUT2D eigenvalue weighted by molar-refractivity contribution is 0.0958. The molecule has 14 heavy (non-hydrogen) atoms. The number of hydrogen-bond acceptors (Lipinski definition) is 3. The summed E-state index contributed by atoms with van der Waals surface area (Å²) in [5.41, 5.74) is 1.05. The number of carbonyl (C=O) groups excluding carboxylic acids is 1. The topological polar surface area (TPSA) is 59.3 Å². The Balaban J connectivity index is 2.56. The van der Waals surface area contributed by atoms with E-state index >= 15 is 0 Å². The second-order valence-corrected chi connectivity index (χ2v) is 3.77. The molecule has 2 aromatic rings. The molecule has 0 atom stereocenters. The zero-order valence-electron chi connectivity index (χ0n) is 7.36. The molecule has 0 fully saturated rings. The molecule has 0 saturated carbocycles. The summed E-state index contributed by atoms with van der Waals surface area (Å²) in [5, 5.41) is 6.69. The number of halogens is 1. The molecule has 0 radical (unpaired) electrons. The van der Waals surface area contributed by atoms with Gasteiger partial charge in [-0.15, -0.1) is 0 Å². The van der Waals surface area contributed by atoms with Crippen LogP contribution in [-0.4, -0.2) is 27.6 Å². The molecule has 0 unspecified atom stereocenters. The molecule has 0 aromatic carbocycles. The van der Waals surface area contributed by atoms with Gasteiger partial charge in [-0.1, -0.05) is 0 Å². The van der Waals surface area contributed by atoms with Crippen molar-refractivity contribution in [2.75, 3.05) is 7.05 Å². The van der Waals surface area contributed by atoms with Crippen LogP contribution in [0.1, 0.15) is 10.5 Å². The third kappa shape index (κ3) is 1.57. The number of imidazole rings is 1. The van der Waals surface area contributed by atoms with Gasteiger partial charge in [0.05, 0.1) is 6.20 Å². The number of carbonyl (C=O) groups is 1. The van der Waals surface area contributed by atoms with Gasteiger partial charge < -0.3 is 5.32 Å². The smallest absolute Gasteiger partial charge is 0.271 e. The fourth-order valence-corrected chi connectivity index (χ4v) is 1.51. The third-order valence-corrected chi connectivity index (χ3v) is 2.32. The predicted molar refractivity (Wildman–Crippen MR) is 59.1 cm³/mol. The number of nitrogens with one attached hydrogen (secondary N) is 1. The molecule has 0 aliphatic rings. The van der Waals surface area contributed by atoms with Crippen molar-refractivity contribution in [2.24, 2.45) is 0 Å². The molecule has 2 rings (SSSR count). The first-order valence-corrected chi connectivity index (χ1v) is 5.02. The van der Waals surface area contributed by atoms with Crippen molar-refractivity contribution < 1.29 is 4.79 Å². The van der Waals surface area contributed by atoms with Crippen molar-refractivity contribution in [3.63, 3.8) is 0 Å². The SMILES string of the molecule is CNC(=O)c1cn2nc(I)ccc2n1. The maximum absolute atomic E-state index is 11.3. The molecule has 2 heterocycles. The average Bonchev–Trinajstić information content (AvgIpc) is 2.59. The fourth-order valence-electron chi connectivity index (χ4n) is 1.10. The van der Waals surface area contributed by atoms with E-state index in [2.05, 4.69) is 38.0 Å².